The molecule has 717 valence electrons. The van der Waals surface area contributed by atoms with Crippen molar-refractivity contribution in [2.24, 2.45) is 10.8 Å². The summed E-state index contributed by atoms with van der Waals surface area (Å²) in [5.74, 6) is 3.38. The maximum atomic E-state index is 11.9. The number of nitrogen functional groups attached to an aromatic ring is 1. The van der Waals surface area contributed by atoms with E-state index in [-0.39, 0.29) is 219 Å². The molecule has 22 heteroatoms. The van der Waals surface area contributed by atoms with Crippen molar-refractivity contribution in [3.8, 4) is 0 Å². The predicted octanol–water partition coefficient (Wildman–Crippen LogP) is 28.6. The number of hydrogen-bond donors (Lipinski definition) is 6. The Balaban J connectivity index is 0.000000339. The number of halogens is 2. The summed E-state index contributed by atoms with van der Waals surface area (Å²) < 4.78 is 4.43. The van der Waals surface area contributed by atoms with Gasteiger partial charge in [0.1, 0.15) is 24.9 Å². The first-order chi connectivity index (χ1) is 63.0. The van der Waals surface area contributed by atoms with Gasteiger partial charge in [0, 0.05) is 257 Å². The van der Waals surface area contributed by atoms with Gasteiger partial charge in [-0.15, -0.1) is 179 Å². The van der Waals surface area contributed by atoms with E-state index in [4.69, 9.17) is 44.3 Å². The van der Waals surface area contributed by atoms with Crippen LogP contribution >= 0.6 is 23.2 Å². The fourth-order valence-corrected chi connectivity index (χ4v) is 21.9. The topological polar surface area (TPSA) is 226 Å². The van der Waals surface area contributed by atoms with Gasteiger partial charge in [-0.2, -0.15) is 0 Å². The smallest absolute Gasteiger partial charge is 0.309 e. The van der Waals surface area contributed by atoms with Crippen molar-refractivity contribution in [2.75, 3.05) is 30.0 Å². The van der Waals surface area contributed by atoms with E-state index in [1.54, 1.807) is 0 Å². The van der Waals surface area contributed by atoms with Gasteiger partial charge >= 0.3 is 17.9 Å². The van der Waals surface area contributed by atoms with Crippen LogP contribution in [0, 0.1) is 79.8 Å². The quantitative estimate of drug-likeness (QED) is 0.00931. The number of nitrogens with zero attached hydrogens (tertiary/aromatic N) is 4. The van der Waals surface area contributed by atoms with Crippen LogP contribution in [-0.4, -0.2) is 96.3 Å². The van der Waals surface area contributed by atoms with E-state index in [1.807, 2.05) is 42.5 Å². The third-order valence-corrected chi connectivity index (χ3v) is 29.6. The Labute approximate surface area is 956 Å². The van der Waals surface area contributed by atoms with E-state index in [0.29, 0.717) is 41.6 Å². The number of rotatable bonds is 22. The number of nitrogens with two attached hydrogens (primary N) is 1. The van der Waals surface area contributed by atoms with Crippen LogP contribution in [0.3, 0.4) is 0 Å². The Hall–Kier alpha value is -5.84. The molecule has 0 atom stereocenters. The number of carbonyl (C=O) groups is 5. The summed E-state index contributed by atoms with van der Waals surface area (Å²) in [7, 11) is 0. The van der Waals surface area contributed by atoms with E-state index in [2.05, 4.69) is 263 Å². The maximum Gasteiger partial charge on any atom is 0.309 e. The number of carboxylic acids is 3. The third kappa shape index (κ3) is 26.3. The molecular formula is C116H135Cl2N6O9Y5-5. The summed E-state index contributed by atoms with van der Waals surface area (Å²) in [6, 6.07) is 61.8. The molecule has 3 aliphatic carbocycles. The molecule has 4 aliphatic heterocycles. The van der Waals surface area contributed by atoms with Gasteiger partial charge in [0.05, 0.1) is 23.1 Å². The second-order valence-electron chi connectivity index (χ2n) is 36.1. The molecule has 7 aliphatic rings. The minimum Gasteiger partial charge on any atom is -0.515 e. The monoisotopic (exact) mass is 2270 g/mol. The maximum absolute atomic E-state index is 11.9. The van der Waals surface area contributed by atoms with Crippen molar-refractivity contribution in [2.45, 2.75) is 267 Å². The number of aryl methyl sites for hydroxylation is 5. The standard InChI is InChI=1S/C50H54ClN2O4.C21H25NO2.C18H20N.C11H11N2.C8H9ClO2.C6H10O.2CH3.5Y/c1-7-49(8-2)42(52(28-26-44(54)55)40-22-16-36-30-32(5)14-20-38(36)46(40)49)24-18-34-12-11-13-35(48(34)51)19-25-43-50(9-3,10-4)47-39-21-15-33(6)31-37(39)17-23-41(47)53(43)29-27-45(56)57;1-5-21(6-2)15(4)22(12-11-19(23)24)18-10-8-16-13-14(3)7-9-17(16)20(18)21;1-5-18(6-2)13(4)19-16-10-8-14-11-12(3)7-9-15(14)17(16)18;1-8-2-3-10-7-11(13-12)5-4-9(10)6-8;9-8-6(4-10)2-1-3-7(8)5-11;7-6-4-2-1-3-5-6;;;;;;;/h14-19,22-25,30-31H,7-13,26-29H2,1-6H3,(H,54,55)(H,56,57);7-8,10,13H,5-6,11-12H2,1-4H3,(H,23,24);7-8,10-11H,5-6H2,1-4H3;2,4-7,13H,12H2,1H3;4-5,10H,1-3H2;1-5H2;2*1H3;;;;;/q-1;;2*-1;;;2*-1;;;;;/b;;;;6-4+;;;;;;;;. The minimum absolute atomic E-state index is 0. The molecule has 138 heavy (non-hydrogen) atoms. The Morgan fingerprint density at radius 1 is 0.471 bits per heavy atom. The molecule has 10 aromatic carbocycles. The van der Waals surface area contributed by atoms with Crippen molar-refractivity contribution in [3.05, 3.63) is 291 Å². The molecule has 0 unspecified atom stereocenters. The first kappa shape index (κ1) is 123. The van der Waals surface area contributed by atoms with Crippen LogP contribution in [0.1, 0.15) is 261 Å². The van der Waals surface area contributed by atoms with Crippen molar-refractivity contribution in [1.29, 1.82) is 0 Å². The number of allylic oxidation sites excluding steroid dienone is 11. The van der Waals surface area contributed by atoms with Crippen molar-refractivity contribution in [1.82, 2.24) is 0 Å². The SMILES string of the molecule is CCC1(CC)C(/C=C/C2=C(Cl)C(=C/C=C3/N(CCC(=O)O)c4ccc5cc(C)c[c-]c5c4C3(CC)CC)/CCC2)=[N+](CCC(=O)O)c2ccc3cc(C)c[c-]c3c21.CCC1(CC)C(C)=Nc2ccc3cc(C)c[c-]c3c21.CCC1(CC)C(C)=[N+](CCC(=O)O)c2ccc3cc(C)c[c-]c3c21.Cc1c[c-]c2cc(NN)ccc2c1.O=C1CCCCC1.O=CC1=C(Cl)/C(=C/O)CCC1.[CH3-].[CH3-].[Y].[Y].[Y].[Y].[Y]. The minimum atomic E-state index is -0.821. The first-order valence-electron chi connectivity index (χ1n) is 47.1. The van der Waals surface area contributed by atoms with Crippen LogP contribution in [0.5, 0.6) is 0 Å². The molecule has 10 aromatic rings. The Morgan fingerprint density at radius 3 is 1.37 bits per heavy atom. The number of aliphatic imine (C=N–C) groups is 1. The number of Topliss-reactive ketones (excluding diaryl/α,β-unsaturated/α-hetero) is 1. The number of nitrogens with one attached hydrogen (secondary N) is 1. The van der Waals surface area contributed by atoms with E-state index in [0.717, 1.165) is 222 Å². The van der Waals surface area contributed by atoms with E-state index in [9.17, 15) is 34.2 Å². The number of ketones is 1. The van der Waals surface area contributed by atoms with Gasteiger partial charge in [0.15, 0.2) is 35.9 Å². The van der Waals surface area contributed by atoms with Crippen molar-refractivity contribution < 1.29 is 217 Å². The molecule has 0 bridgehead atoms. The van der Waals surface area contributed by atoms with Gasteiger partial charge in [0.2, 0.25) is 0 Å². The Morgan fingerprint density at radius 2 is 0.899 bits per heavy atom. The zero-order valence-electron chi connectivity index (χ0n) is 84.1. The zero-order valence-corrected chi connectivity index (χ0v) is 99.8. The zero-order chi connectivity index (χ0) is 94.4. The van der Waals surface area contributed by atoms with Crippen LogP contribution in [-0.2, 0) is 209 Å². The number of aldehydes is 1. The number of hydrogen-bond acceptors (Lipinski definition) is 10. The number of benzene rings is 10. The second kappa shape index (κ2) is 55.5. The van der Waals surface area contributed by atoms with Crippen molar-refractivity contribution >= 4 is 153 Å². The molecular weight excluding hydrogens is 2140 g/mol. The molecule has 0 spiro atoms. The summed E-state index contributed by atoms with van der Waals surface area (Å²) in [4.78, 5) is 62.8. The molecule has 0 saturated heterocycles. The average Bonchev–Trinajstić information content (AvgIpc) is 1.56. The number of aliphatic hydroxyl groups is 1. The normalized spacial score (nSPS) is 16.7. The molecule has 17 rings (SSSR count). The molecule has 1 saturated carbocycles. The average molecular weight is 2270 g/mol. The summed E-state index contributed by atoms with van der Waals surface area (Å²) >= 11 is 13.1. The van der Waals surface area contributed by atoms with E-state index in [1.165, 1.54) is 83.7 Å². The Bertz CT molecular complexity index is 6370. The van der Waals surface area contributed by atoms with Crippen LogP contribution < -0.4 is 16.2 Å². The molecule has 4 heterocycles. The van der Waals surface area contributed by atoms with Crippen LogP contribution in [0.4, 0.5) is 28.4 Å². The van der Waals surface area contributed by atoms with Crippen LogP contribution in [0.25, 0.3) is 53.9 Å². The predicted molar refractivity (Wildman–Crippen MR) is 553 cm³/mol. The van der Waals surface area contributed by atoms with Gasteiger partial charge in [-0.05, 0) is 150 Å². The Kier molecular flexibility index (Phi) is 49.3. The van der Waals surface area contributed by atoms with Crippen LogP contribution in [0.2, 0.25) is 0 Å². The van der Waals surface area contributed by atoms with E-state index < -0.39 is 17.9 Å². The third-order valence-electron chi connectivity index (χ3n) is 28.6. The van der Waals surface area contributed by atoms with E-state index >= 15 is 0 Å². The molecule has 7 N–H and O–H groups in total. The van der Waals surface area contributed by atoms with Gasteiger partial charge < -0.3 is 45.6 Å². The van der Waals surface area contributed by atoms with Gasteiger partial charge in [-0.3, -0.25) is 34.8 Å². The second-order valence-corrected chi connectivity index (χ2v) is 36.8. The fourth-order valence-electron chi connectivity index (χ4n) is 21.3. The van der Waals surface area contributed by atoms with Gasteiger partial charge in [0.25, 0.3) is 0 Å². The summed E-state index contributed by atoms with van der Waals surface area (Å²) in [5, 5.41) is 50.3. The number of hydrazine groups is 1. The molecule has 0 amide bonds. The summed E-state index contributed by atoms with van der Waals surface area (Å²) in [5.41, 5.74) is 26.7. The number of carboxylic acid groups (broad SMARTS) is 3. The molecule has 1 fully saturated rings. The van der Waals surface area contributed by atoms with Crippen LogP contribution in [0.15, 0.2) is 201 Å². The van der Waals surface area contributed by atoms with Crippen molar-refractivity contribution in [3.63, 3.8) is 0 Å². The summed E-state index contributed by atoms with van der Waals surface area (Å²) in [6.45, 7) is 33.9. The first-order valence-corrected chi connectivity index (χ1v) is 47.9. The number of carbonyl (C=O) groups excluding carboxylic acids is 2. The molecule has 15 nitrogen and oxygen atoms in total. The molecule has 0 aromatic heterocycles. The largest absolute Gasteiger partial charge is 0.515 e. The fraction of sp³-hybridized carbons (Fsp3) is 0.379. The number of aliphatic hydroxyl groups excluding tert-OH is 1. The molecule has 5 radical (unpaired) electrons. The number of fused-ring (bicyclic) bond motifs is 13. The summed E-state index contributed by atoms with van der Waals surface area (Å²) in [6.07, 6.45) is 28.6. The number of anilines is 2. The van der Waals surface area contributed by atoms with Gasteiger partial charge in [-0.25, -0.2) is 9.15 Å². The number of aliphatic carboxylic acids is 3. The van der Waals surface area contributed by atoms with Gasteiger partial charge in [-0.1, -0.05) is 191 Å².